The fraction of sp³-hybridized carbons (Fsp3) is 0.909. The molecule has 3 nitrogen and oxygen atoms in total. The number of ether oxygens (including phenoxy) is 1. The van der Waals surface area contributed by atoms with Crippen molar-refractivity contribution >= 4 is 18.5 Å². The summed E-state index contributed by atoms with van der Waals surface area (Å²) in [6.07, 6.45) is 2.07. The van der Waals surface area contributed by atoms with Crippen LogP contribution in [0, 0.1) is 5.92 Å². The number of carbonyl (C=O) groups excluding carboxylic acids is 1. The smallest absolute Gasteiger partial charge is 0.233 e. The summed E-state index contributed by atoms with van der Waals surface area (Å²) in [5, 5.41) is 2.83. The van der Waals surface area contributed by atoms with E-state index in [0.29, 0.717) is 0 Å². The maximum atomic E-state index is 11.7. The second-order valence-corrected chi connectivity index (χ2v) is 5.16. The first kappa shape index (κ1) is 12.8. The summed E-state index contributed by atoms with van der Waals surface area (Å²) in [5.41, 5.74) is 0. The molecule has 1 N–H and O–H groups in total. The van der Waals surface area contributed by atoms with Gasteiger partial charge in [0.1, 0.15) is 0 Å². The SMILES string of the molecule is CC1CC(NC(=O)C(S)C(C)C)CCO1. The molecule has 88 valence electrons. The molecule has 1 saturated heterocycles. The van der Waals surface area contributed by atoms with Gasteiger partial charge >= 0.3 is 0 Å². The first-order valence-corrected chi connectivity index (χ1v) is 6.12. The fourth-order valence-electron chi connectivity index (χ4n) is 1.72. The molecule has 0 saturated carbocycles. The van der Waals surface area contributed by atoms with E-state index in [1.807, 2.05) is 20.8 Å². The molecule has 1 fully saturated rings. The number of nitrogens with one attached hydrogen (secondary N) is 1. The Labute approximate surface area is 97.4 Å². The number of carbonyl (C=O) groups is 1. The number of thiol groups is 1. The fourth-order valence-corrected chi connectivity index (χ4v) is 1.79. The van der Waals surface area contributed by atoms with E-state index in [1.54, 1.807) is 0 Å². The molecule has 1 amide bonds. The van der Waals surface area contributed by atoms with Crippen LogP contribution in [0.2, 0.25) is 0 Å². The molecular formula is C11H21NO2S. The number of rotatable bonds is 3. The largest absolute Gasteiger partial charge is 0.378 e. The predicted molar refractivity (Wildman–Crippen MR) is 64.2 cm³/mol. The van der Waals surface area contributed by atoms with E-state index < -0.39 is 0 Å². The van der Waals surface area contributed by atoms with Gasteiger partial charge < -0.3 is 10.1 Å². The van der Waals surface area contributed by atoms with Crippen molar-refractivity contribution in [3.05, 3.63) is 0 Å². The molecule has 3 atom stereocenters. The Morgan fingerprint density at radius 3 is 2.73 bits per heavy atom. The first-order valence-electron chi connectivity index (χ1n) is 5.60. The van der Waals surface area contributed by atoms with Crippen LogP contribution in [-0.2, 0) is 9.53 Å². The van der Waals surface area contributed by atoms with Crippen molar-refractivity contribution in [2.45, 2.75) is 51.0 Å². The summed E-state index contributed by atoms with van der Waals surface area (Å²) in [6, 6.07) is 0.259. The van der Waals surface area contributed by atoms with Gasteiger partial charge in [-0.1, -0.05) is 13.8 Å². The third kappa shape index (κ3) is 4.03. The van der Waals surface area contributed by atoms with Crippen LogP contribution in [0.5, 0.6) is 0 Å². The van der Waals surface area contributed by atoms with Gasteiger partial charge in [0.05, 0.1) is 11.4 Å². The van der Waals surface area contributed by atoms with Crippen molar-refractivity contribution in [1.82, 2.24) is 5.32 Å². The maximum absolute atomic E-state index is 11.7. The lowest BCUT2D eigenvalue weighted by atomic mass is 10.0. The van der Waals surface area contributed by atoms with Gasteiger partial charge in [-0.2, -0.15) is 12.6 Å². The quantitative estimate of drug-likeness (QED) is 0.725. The molecule has 1 heterocycles. The van der Waals surface area contributed by atoms with E-state index in [4.69, 9.17) is 4.74 Å². The highest BCUT2D eigenvalue weighted by atomic mass is 32.1. The molecule has 0 aromatic carbocycles. The van der Waals surface area contributed by atoms with Gasteiger partial charge in [0, 0.05) is 12.6 Å². The van der Waals surface area contributed by atoms with E-state index >= 15 is 0 Å². The Kier molecular flexibility index (Phi) is 4.93. The van der Waals surface area contributed by atoms with Gasteiger partial charge in [-0.15, -0.1) is 0 Å². The maximum Gasteiger partial charge on any atom is 0.233 e. The van der Waals surface area contributed by atoms with Crippen molar-refractivity contribution in [3.8, 4) is 0 Å². The predicted octanol–water partition coefficient (Wildman–Crippen LogP) is 1.62. The van der Waals surface area contributed by atoms with Gasteiger partial charge in [0.15, 0.2) is 0 Å². The molecule has 0 aromatic rings. The average molecular weight is 231 g/mol. The van der Waals surface area contributed by atoms with Gasteiger partial charge in [-0.25, -0.2) is 0 Å². The van der Waals surface area contributed by atoms with Crippen LogP contribution in [0.25, 0.3) is 0 Å². The molecule has 1 rings (SSSR count). The average Bonchev–Trinajstić information content (AvgIpc) is 2.16. The Balaban J connectivity index is 2.37. The third-order valence-corrected chi connectivity index (χ3v) is 3.56. The lowest BCUT2D eigenvalue weighted by molar-refractivity contribution is -0.122. The molecule has 0 spiro atoms. The van der Waals surface area contributed by atoms with E-state index in [1.165, 1.54) is 0 Å². The number of hydrogen-bond acceptors (Lipinski definition) is 3. The highest BCUT2D eigenvalue weighted by molar-refractivity contribution is 7.81. The minimum atomic E-state index is -0.205. The highest BCUT2D eigenvalue weighted by Gasteiger charge is 2.24. The zero-order valence-electron chi connectivity index (χ0n) is 9.69. The van der Waals surface area contributed by atoms with Gasteiger partial charge in [-0.05, 0) is 25.7 Å². The van der Waals surface area contributed by atoms with E-state index in [-0.39, 0.29) is 29.2 Å². The third-order valence-electron chi connectivity index (χ3n) is 2.73. The number of hydrogen-bond donors (Lipinski definition) is 2. The van der Waals surface area contributed by atoms with E-state index in [9.17, 15) is 4.79 Å². The molecule has 0 aromatic heterocycles. The summed E-state index contributed by atoms with van der Waals surface area (Å²) < 4.78 is 5.43. The molecule has 4 heteroatoms. The Bertz CT molecular complexity index is 221. The first-order chi connectivity index (χ1) is 7.00. The van der Waals surface area contributed by atoms with E-state index in [0.717, 1.165) is 19.4 Å². The zero-order chi connectivity index (χ0) is 11.4. The van der Waals surface area contributed by atoms with Crippen LogP contribution >= 0.6 is 12.6 Å². The van der Waals surface area contributed by atoms with Crippen LogP contribution in [0.15, 0.2) is 0 Å². The molecule has 1 aliphatic heterocycles. The molecule has 0 aliphatic carbocycles. The Morgan fingerprint density at radius 1 is 1.53 bits per heavy atom. The van der Waals surface area contributed by atoms with Gasteiger partial charge in [-0.3, -0.25) is 4.79 Å². The lowest BCUT2D eigenvalue weighted by Gasteiger charge is -2.29. The van der Waals surface area contributed by atoms with Crippen molar-refractivity contribution in [3.63, 3.8) is 0 Å². The van der Waals surface area contributed by atoms with Crippen molar-refractivity contribution in [1.29, 1.82) is 0 Å². The second kappa shape index (κ2) is 5.75. The topological polar surface area (TPSA) is 38.3 Å². The van der Waals surface area contributed by atoms with Crippen molar-refractivity contribution in [2.24, 2.45) is 5.92 Å². The minimum absolute atomic E-state index is 0.0485. The van der Waals surface area contributed by atoms with Crippen molar-refractivity contribution in [2.75, 3.05) is 6.61 Å². The zero-order valence-corrected chi connectivity index (χ0v) is 10.6. The number of amides is 1. The van der Waals surface area contributed by atoms with Crippen LogP contribution in [-0.4, -0.2) is 29.9 Å². The Morgan fingerprint density at radius 2 is 2.20 bits per heavy atom. The molecule has 1 aliphatic rings. The van der Waals surface area contributed by atoms with Crippen LogP contribution in [0.3, 0.4) is 0 Å². The molecular weight excluding hydrogens is 210 g/mol. The molecule has 0 radical (unpaired) electrons. The van der Waals surface area contributed by atoms with E-state index in [2.05, 4.69) is 17.9 Å². The van der Waals surface area contributed by atoms with Crippen LogP contribution in [0.4, 0.5) is 0 Å². The molecule has 3 unspecified atom stereocenters. The summed E-state index contributed by atoms with van der Waals surface area (Å²) in [6.45, 7) is 6.79. The summed E-state index contributed by atoms with van der Waals surface area (Å²) in [4.78, 5) is 11.7. The van der Waals surface area contributed by atoms with Gasteiger partial charge in [0.25, 0.3) is 0 Å². The molecule has 0 bridgehead atoms. The van der Waals surface area contributed by atoms with Crippen LogP contribution < -0.4 is 5.32 Å². The summed E-state index contributed by atoms with van der Waals surface area (Å²) in [5.74, 6) is 0.318. The summed E-state index contributed by atoms with van der Waals surface area (Å²) in [7, 11) is 0. The normalized spacial score (nSPS) is 28.9. The highest BCUT2D eigenvalue weighted by Crippen LogP contribution is 2.15. The summed E-state index contributed by atoms with van der Waals surface area (Å²) >= 11 is 4.30. The van der Waals surface area contributed by atoms with Crippen LogP contribution in [0.1, 0.15) is 33.6 Å². The Hall–Kier alpha value is -0.220. The molecule has 15 heavy (non-hydrogen) atoms. The van der Waals surface area contributed by atoms with Gasteiger partial charge in [0.2, 0.25) is 5.91 Å². The van der Waals surface area contributed by atoms with Crippen molar-refractivity contribution < 1.29 is 9.53 Å². The second-order valence-electron chi connectivity index (χ2n) is 4.60. The monoisotopic (exact) mass is 231 g/mol. The minimum Gasteiger partial charge on any atom is -0.378 e. The standard InChI is InChI=1S/C11H21NO2S/c1-7(2)10(15)11(13)12-9-4-5-14-8(3)6-9/h7-10,15H,4-6H2,1-3H3,(H,12,13). The lowest BCUT2D eigenvalue weighted by Crippen LogP contribution is -2.45.